The molecular formula is C21H20F3N7O4. The third-order valence-electron chi connectivity index (χ3n) is 5.80. The second-order valence-corrected chi connectivity index (χ2v) is 8.46. The lowest BCUT2D eigenvalue weighted by molar-refractivity contribution is -0.187. The van der Waals surface area contributed by atoms with Crippen LogP contribution in [0, 0.1) is 0 Å². The van der Waals surface area contributed by atoms with E-state index >= 15 is 0 Å². The number of hydrogen-bond acceptors (Lipinski definition) is 8. The van der Waals surface area contributed by atoms with Crippen LogP contribution in [0.1, 0.15) is 23.2 Å². The highest BCUT2D eigenvalue weighted by atomic mass is 19.4. The van der Waals surface area contributed by atoms with E-state index in [0.717, 1.165) is 12.8 Å². The average Bonchev–Trinajstić information content (AvgIpc) is 3.61. The first kappa shape index (κ1) is 22.7. The van der Waals surface area contributed by atoms with Crippen molar-refractivity contribution in [2.75, 3.05) is 35.2 Å². The van der Waals surface area contributed by atoms with Crippen molar-refractivity contribution >= 4 is 40.9 Å². The Morgan fingerprint density at radius 3 is 2.69 bits per heavy atom. The number of hydrogen-bond donors (Lipinski definition) is 3. The van der Waals surface area contributed by atoms with Gasteiger partial charge in [0.25, 0.3) is 5.91 Å². The van der Waals surface area contributed by atoms with Crippen LogP contribution in [0.3, 0.4) is 0 Å². The van der Waals surface area contributed by atoms with E-state index < -0.39 is 36.5 Å². The predicted molar refractivity (Wildman–Crippen MR) is 116 cm³/mol. The minimum absolute atomic E-state index is 0.0803. The fourth-order valence-electron chi connectivity index (χ4n) is 4.01. The van der Waals surface area contributed by atoms with Gasteiger partial charge in [-0.25, -0.2) is 4.98 Å². The van der Waals surface area contributed by atoms with Gasteiger partial charge >= 0.3 is 12.1 Å². The Hall–Kier alpha value is -4.10. The Labute approximate surface area is 196 Å². The number of nitrogens with one attached hydrogen (secondary N) is 2. The summed E-state index contributed by atoms with van der Waals surface area (Å²) in [7, 11) is 0. The van der Waals surface area contributed by atoms with Crippen LogP contribution in [-0.2, 0) is 9.59 Å². The molecule has 1 aliphatic carbocycles. The van der Waals surface area contributed by atoms with Crippen LogP contribution >= 0.6 is 0 Å². The molecular weight excluding hydrogens is 471 g/mol. The first-order chi connectivity index (χ1) is 16.6. The zero-order chi connectivity index (χ0) is 24.9. The lowest BCUT2D eigenvalue weighted by Gasteiger charge is -2.44. The van der Waals surface area contributed by atoms with Gasteiger partial charge in [0.2, 0.25) is 11.9 Å². The van der Waals surface area contributed by atoms with E-state index in [-0.39, 0.29) is 30.7 Å². The molecule has 1 atom stereocenters. The fraction of sp³-hybridized carbons (Fsp3) is 0.381. The number of alkyl halides is 3. The molecule has 14 heteroatoms. The van der Waals surface area contributed by atoms with Crippen molar-refractivity contribution in [3.63, 3.8) is 0 Å². The summed E-state index contributed by atoms with van der Waals surface area (Å²) in [6.07, 6.45) is -1.80. The number of nitrogens with zero attached hydrogens (tertiary/aromatic N) is 4. The van der Waals surface area contributed by atoms with Gasteiger partial charge in [-0.2, -0.15) is 18.2 Å². The summed E-state index contributed by atoms with van der Waals surface area (Å²) in [5, 5.41) is 6.14. The summed E-state index contributed by atoms with van der Waals surface area (Å²) in [6.45, 7) is -1.05. The van der Waals surface area contributed by atoms with Gasteiger partial charge < -0.3 is 26.0 Å². The lowest BCUT2D eigenvalue weighted by atomic mass is 10.1. The van der Waals surface area contributed by atoms with Crippen LogP contribution in [0.25, 0.3) is 0 Å². The number of piperazine rings is 1. The maximum absolute atomic E-state index is 12.8. The molecule has 1 aromatic heterocycles. The number of nitrogens with two attached hydrogens (primary N) is 1. The van der Waals surface area contributed by atoms with Crippen LogP contribution in [-0.4, -0.2) is 70.5 Å². The van der Waals surface area contributed by atoms with Crippen molar-refractivity contribution in [1.82, 2.24) is 14.9 Å². The van der Waals surface area contributed by atoms with E-state index in [1.807, 2.05) is 0 Å². The number of rotatable bonds is 5. The first-order valence-corrected chi connectivity index (χ1v) is 10.8. The van der Waals surface area contributed by atoms with Crippen LogP contribution in [0.5, 0.6) is 5.75 Å². The quantitative estimate of drug-likeness (QED) is 0.570. The highest BCUT2D eigenvalue weighted by Gasteiger charge is 2.48. The van der Waals surface area contributed by atoms with E-state index in [2.05, 4.69) is 20.6 Å². The molecule has 0 bridgehead atoms. The van der Waals surface area contributed by atoms with E-state index in [0.29, 0.717) is 27.8 Å². The molecule has 2 aromatic rings. The molecule has 1 aromatic carbocycles. The van der Waals surface area contributed by atoms with Gasteiger partial charge in [0.15, 0.2) is 0 Å². The molecule has 1 saturated carbocycles. The minimum atomic E-state index is -5.05. The Kier molecular flexibility index (Phi) is 5.37. The highest BCUT2D eigenvalue weighted by molar-refractivity contribution is 6.01. The summed E-state index contributed by atoms with van der Waals surface area (Å²) in [5.74, 6) is -2.48. The second kappa shape index (κ2) is 8.29. The van der Waals surface area contributed by atoms with Crippen molar-refractivity contribution in [3.8, 4) is 5.75 Å². The van der Waals surface area contributed by atoms with E-state index in [9.17, 15) is 27.6 Å². The molecule has 11 nitrogen and oxygen atoms in total. The number of ether oxygens (including phenoxy) is 1. The number of amides is 3. The van der Waals surface area contributed by atoms with Crippen molar-refractivity contribution in [1.29, 1.82) is 0 Å². The topological polar surface area (TPSA) is 143 Å². The maximum Gasteiger partial charge on any atom is 0.471 e. The molecule has 2 fully saturated rings. The fourth-order valence-corrected chi connectivity index (χ4v) is 4.01. The Bertz CT molecular complexity index is 1220. The molecule has 1 saturated heterocycles. The monoisotopic (exact) mass is 491 g/mol. The summed E-state index contributed by atoms with van der Waals surface area (Å²) >= 11 is 0. The SMILES string of the molecule is NC(=O)c1cnc(Nc2ccc3c(c2)OCC2CN(C(=O)C(F)(F)F)CC(=O)N32)nc1NC1CC1. The number of fused-ring (bicyclic) bond motifs is 3. The number of anilines is 4. The van der Waals surface area contributed by atoms with E-state index in [1.165, 1.54) is 11.1 Å². The van der Waals surface area contributed by atoms with Crippen LogP contribution in [0.4, 0.5) is 36.3 Å². The number of carbonyl (C=O) groups excluding carboxylic acids is 3. The van der Waals surface area contributed by atoms with Gasteiger partial charge in [0.05, 0.1) is 17.3 Å². The van der Waals surface area contributed by atoms with Gasteiger partial charge in [-0.05, 0) is 25.0 Å². The zero-order valence-corrected chi connectivity index (χ0v) is 18.1. The Morgan fingerprint density at radius 2 is 2.00 bits per heavy atom. The Morgan fingerprint density at radius 1 is 1.23 bits per heavy atom. The predicted octanol–water partition coefficient (Wildman–Crippen LogP) is 1.39. The van der Waals surface area contributed by atoms with E-state index in [1.54, 1.807) is 18.2 Å². The third-order valence-corrected chi connectivity index (χ3v) is 5.80. The highest BCUT2D eigenvalue weighted by Crippen LogP contribution is 2.38. The Balaban J connectivity index is 1.34. The molecule has 0 spiro atoms. The number of benzene rings is 1. The normalized spacial score (nSPS) is 19.4. The number of carbonyl (C=O) groups is 3. The molecule has 3 heterocycles. The molecule has 35 heavy (non-hydrogen) atoms. The van der Waals surface area contributed by atoms with Crippen LogP contribution in [0.2, 0.25) is 0 Å². The van der Waals surface area contributed by atoms with Gasteiger partial charge in [0, 0.05) is 30.5 Å². The molecule has 1 unspecified atom stereocenters. The minimum Gasteiger partial charge on any atom is -0.489 e. The summed E-state index contributed by atoms with van der Waals surface area (Å²) in [5.41, 5.74) is 6.47. The average molecular weight is 491 g/mol. The van der Waals surface area contributed by atoms with Gasteiger partial charge in [-0.15, -0.1) is 0 Å². The van der Waals surface area contributed by atoms with Crippen molar-refractivity contribution in [2.24, 2.45) is 5.73 Å². The van der Waals surface area contributed by atoms with Crippen LogP contribution < -0.4 is 26.0 Å². The molecule has 2 aliphatic heterocycles. The summed E-state index contributed by atoms with van der Waals surface area (Å²) in [6, 6.07) is 4.31. The largest absolute Gasteiger partial charge is 0.489 e. The smallest absolute Gasteiger partial charge is 0.471 e. The third kappa shape index (κ3) is 4.50. The van der Waals surface area contributed by atoms with E-state index in [4.69, 9.17) is 10.5 Å². The van der Waals surface area contributed by atoms with Crippen molar-refractivity contribution < 1.29 is 32.3 Å². The second-order valence-electron chi connectivity index (χ2n) is 8.46. The van der Waals surface area contributed by atoms with Gasteiger partial charge in [0.1, 0.15) is 24.7 Å². The molecule has 0 radical (unpaired) electrons. The first-order valence-electron chi connectivity index (χ1n) is 10.8. The molecule has 3 aliphatic rings. The number of halogens is 3. The molecule has 3 amide bonds. The standard InChI is InChI=1S/C21H20F3N7O4/c22-21(23,24)19(34)30-7-12-9-35-15-5-11(3-4-14(15)31(12)16(32)8-30)28-20-26-6-13(17(25)33)18(29-20)27-10-1-2-10/h3-6,10,12H,1-2,7-9H2,(H2,25,33)(H2,26,27,28,29). The molecule has 184 valence electrons. The lowest BCUT2D eigenvalue weighted by Crippen LogP contribution is -2.62. The van der Waals surface area contributed by atoms with Crippen molar-refractivity contribution in [3.05, 3.63) is 30.0 Å². The summed E-state index contributed by atoms with van der Waals surface area (Å²) < 4.78 is 44.1. The van der Waals surface area contributed by atoms with Gasteiger partial charge in [-0.3, -0.25) is 19.3 Å². The number of aromatic nitrogens is 2. The van der Waals surface area contributed by atoms with Gasteiger partial charge in [-0.1, -0.05) is 0 Å². The zero-order valence-electron chi connectivity index (χ0n) is 18.1. The van der Waals surface area contributed by atoms with Crippen molar-refractivity contribution in [2.45, 2.75) is 31.1 Å². The summed E-state index contributed by atoms with van der Waals surface area (Å²) in [4.78, 5) is 46.2. The molecule has 5 rings (SSSR count). The maximum atomic E-state index is 12.8. The van der Waals surface area contributed by atoms with Crippen LogP contribution in [0.15, 0.2) is 24.4 Å². The number of primary amides is 1. The molecule has 4 N–H and O–H groups in total.